The number of allylic oxidation sites excluding steroid dienone is 3. The summed E-state index contributed by atoms with van der Waals surface area (Å²) in [7, 11) is 2.85. The van der Waals surface area contributed by atoms with Gasteiger partial charge in [0.25, 0.3) is 11.8 Å². The van der Waals surface area contributed by atoms with Crippen LogP contribution in [0.1, 0.15) is 26.7 Å². The van der Waals surface area contributed by atoms with Gasteiger partial charge in [-0.3, -0.25) is 0 Å². The van der Waals surface area contributed by atoms with Crippen molar-refractivity contribution in [3.8, 4) is 17.5 Å². The Kier molecular flexibility index (Phi) is 6.94. The first-order valence-corrected chi connectivity index (χ1v) is 6.90. The normalized spacial score (nSPS) is 13.9. The Balaban J connectivity index is 0.00000106. The van der Waals surface area contributed by atoms with Gasteiger partial charge in [-0.15, -0.1) is 0 Å². The highest BCUT2D eigenvalue weighted by Gasteiger charge is 2.22. The van der Waals surface area contributed by atoms with Gasteiger partial charge in [0.2, 0.25) is 5.75 Å². The van der Waals surface area contributed by atoms with E-state index in [0.29, 0.717) is 17.9 Å². The predicted octanol–water partition coefficient (Wildman–Crippen LogP) is 4.00. The number of hydrogen-bond donors (Lipinski definition) is 0. The highest BCUT2D eigenvalue weighted by atomic mass is 35.5. The van der Waals surface area contributed by atoms with E-state index in [1.165, 1.54) is 26.6 Å². The van der Waals surface area contributed by atoms with E-state index in [-0.39, 0.29) is 23.3 Å². The van der Waals surface area contributed by atoms with Crippen molar-refractivity contribution in [3.05, 3.63) is 29.0 Å². The van der Waals surface area contributed by atoms with Gasteiger partial charge < -0.3 is 14.2 Å². The summed E-state index contributed by atoms with van der Waals surface area (Å²) < 4.78 is 29.2. The zero-order chi connectivity index (χ0) is 15.8. The van der Waals surface area contributed by atoms with E-state index in [9.17, 15) is 4.39 Å². The summed E-state index contributed by atoms with van der Waals surface area (Å²) in [5.41, 5.74) is 0. The number of aromatic nitrogens is 2. The first-order valence-electron chi connectivity index (χ1n) is 6.53. The third-order valence-electron chi connectivity index (χ3n) is 2.49. The maximum absolute atomic E-state index is 13.7. The lowest BCUT2D eigenvalue weighted by Crippen LogP contribution is -2.06. The van der Waals surface area contributed by atoms with Crippen molar-refractivity contribution in [2.75, 3.05) is 14.2 Å². The molecule has 1 heterocycles. The molecule has 0 amide bonds. The zero-order valence-electron chi connectivity index (χ0n) is 12.4. The molecule has 1 aliphatic rings. The summed E-state index contributed by atoms with van der Waals surface area (Å²) >= 11 is 5.95. The predicted molar refractivity (Wildman–Crippen MR) is 78.4 cm³/mol. The van der Waals surface area contributed by atoms with E-state index in [1.54, 1.807) is 0 Å². The van der Waals surface area contributed by atoms with E-state index in [0.717, 1.165) is 0 Å². The molecule has 0 aromatic carbocycles. The lowest BCUT2D eigenvalue weighted by atomic mass is 10.1. The van der Waals surface area contributed by atoms with Crippen molar-refractivity contribution in [1.82, 2.24) is 9.97 Å². The molecule has 0 unspecified atom stereocenters. The largest absolute Gasteiger partial charge is 0.487 e. The summed E-state index contributed by atoms with van der Waals surface area (Å²) in [5, 5.41) is 0.305. The highest BCUT2D eigenvalue weighted by Crippen LogP contribution is 2.37. The Morgan fingerprint density at radius 3 is 2.38 bits per heavy atom. The maximum atomic E-state index is 13.7. The number of nitrogens with zero attached hydrogens (tertiary/aromatic N) is 2. The molecule has 0 atom stereocenters. The van der Waals surface area contributed by atoms with E-state index >= 15 is 0 Å². The van der Waals surface area contributed by atoms with Gasteiger partial charge in [-0.05, 0) is 18.9 Å². The van der Waals surface area contributed by atoms with Crippen LogP contribution in [-0.2, 0) is 0 Å². The lowest BCUT2D eigenvalue weighted by molar-refractivity contribution is 0.306. The summed E-state index contributed by atoms with van der Waals surface area (Å²) in [6.07, 6.45) is 3.71. The van der Waals surface area contributed by atoms with Crippen LogP contribution in [0.4, 0.5) is 4.39 Å². The third kappa shape index (κ3) is 4.07. The number of rotatable bonds is 4. The van der Waals surface area contributed by atoms with E-state index < -0.39 is 5.83 Å². The summed E-state index contributed by atoms with van der Waals surface area (Å²) in [6, 6.07) is 0. The molecule has 0 radical (unpaired) electrons. The molecule has 0 saturated carbocycles. The molecule has 21 heavy (non-hydrogen) atoms. The Hall–Kier alpha value is -1.82. The second kappa shape index (κ2) is 8.46. The van der Waals surface area contributed by atoms with E-state index in [1.807, 2.05) is 13.8 Å². The second-order valence-electron chi connectivity index (χ2n) is 3.65. The first kappa shape index (κ1) is 17.2. The third-order valence-corrected chi connectivity index (χ3v) is 2.85. The highest BCUT2D eigenvalue weighted by molar-refractivity contribution is 6.30. The Bertz CT molecular complexity index is 547. The number of hydrogen-bond acceptors (Lipinski definition) is 5. The summed E-state index contributed by atoms with van der Waals surface area (Å²) in [5.74, 6) is -0.138. The molecular weight excluding hydrogens is 299 g/mol. The van der Waals surface area contributed by atoms with Crippen LogP contribution in [0, 0.1) is 0 Å². The van der Waals surface area contributed by atoms with Crippen LogP contribution in [0.3, 0.4) is 0 Å². The van der Waals surface area contributed by atoms with Gasteiger partial charge in [-0.25, -0.2) is 4.39 Å². The lowest BCUT2D eigenvalue weighted by Gasteiger charge is -2.15. The topological polar surface area (TPSA) is 53.5 Å². The van der Waals surface area contributed by atoms with Crippen LogP contribution < -0.4 is 14.2 Å². The number of methoxy groups -OCH3 is 2. The molecule has 116 valence electrons. The summed E-state index contributed by atoms with van der Waals surface area (Å²) in [6.45, 7) is 4.00. The standard InChI is InChI=1S/C12H12ClFN2O3.C2H6/c1-17-10-11(18-2)15-6-16-12(10)19-9-7(13)4-3-5-8(9)14;1-2/h5-6H,3-4H2,1-2H3;1-2H3. The maximum Gasteiger partial charge on any atom is 0.270 e. The molecule has 1 aromatic heterocycles. The number of ether oxygens (including phenoxy) is 3. The van der Waals surface area contributed by atoms with Gasteiger partial charge in [-0.2, -0.15) is 9.97 Å². The smallest absolute Gasteiger partial charge is 0.270 e. The molecule has 0 bridgehead atoms. The van der Waals surface area contributed by atoms with Crippen molar-refractivity contribution in [2.24, 2.45) is 0 Å². The number of halogens is 2. The molecule has 0 N–H and O–H groups in total. The fourth-order valence-corrected chi connectivity index (χ4v) is 1.84. The molecule has 2 rings (SSSR count). The van der Waals surface area contributed by atoms with Crippen LogP contribution in [0.15, 0.2) is 29.0 Å². The van der Waals surface area contributed by atoms with Crippen LogP contribution in [0.25, 0.3) is 0 Å². The van der Waals surface area contributed by atoms with Crippen molar-refractivity contribution < 1.29 is 18.6 Å². The molecule has 0 fully saturated rings. The Labute approximate surface area is 128 Å². The van der Waals surface area contributed by atoms with Gasteiger partial charge in [0, 0.05) is 0 Å². The monoisotopic (exact) mass is 316 g/mol. The molecular formula is C14H18ClFN2O3. The van der Waals surface area contributed by atoms with E-state index in [4.69, 9.17) is 25.8 Å². The Morgan fingerprint density at radius 1 is 1.14 bits per heavy atom. The molecule has 7 heteroatoms. The average molecular weight is 317 g/mol. The van der Waals surface area contributed by atoms with Crippen molar-refractivity contribution in [2.45, 2.75) is 26.7 Å². The molecule has 0 spiro atoms. The van der Waals surface area contributed by atoms with Gasteiger partial charge in [-0.1, -0.05) is 25.4 Å². The molecule has 1 aliphatic carbocycles. The van der Waals surface area contributed by atoms with Crippen molar-refractivity contribution in [1.29, 1.82) is 0 Å². The second-order valence-corrected chi connectivity index (χ2v) is 4.10. The van der Waals surface area contributed by atoms with Crippen LogP contribution >= 0.6 is 11.6 Å². The van der Waals surface area contributed by atoms with Gasteiger partial charge in [0.15, 0.2) is 11.6 Å². The Morgan fingerprint density at radius 2 is 1.81 bits per heavy atom. The van der Waals surface area contributed by atoms with Crippen LogP contribution in [-0.4, -0.2) is 24.2 Å². The van der Waals surface area contributed by atoms with Crippen molar-refractivity contribution in [3.63, 3.8) is 0 Å². The van der Waals surface area contributed by atoms with Gasteiger partial charge in [0.1, 0.15) is 6.33 Å². The first-order chi connectivity index (χ1) is 10.2. The molecule has 5 nitrogen and oxygen atoms in total. The van der Waals surface area contributed by atoms with Crippen LogP contribution in [0.2, 0.25) is 0 Å². The average Bonchev–Trinajstić information content (AvgIpc) is 2.52. The molecule has 1 aromatic rings. The molecule has 0 saturated heterocycles. The zero-order valence-corrected chi connectivity index (χ0v) is 13.2. The minimum Gasteiger partial charge on any atom is -0.487 e. The minimum atomic E-state index is -0.518. The fraction of sp³-hybridized carbons (Fsp3) is 0.429. The molecule has 0 aliphatic heterocycles. The van der Waals surface area contributed by atoms with Crippen LogP contribution in [0.5, 0.6) is 17.5 Å². The SMILES string of the molecule is CC.COc1ncnc(OC2=C(Cl)CCC=C2F)c1OC. The van der Waals surface area contributed by atoms with E-state index in [2.05, 4.69) is 9.97 Å². The van der Waals surface area contributed by atoms with Gasteiger partial charge >= 0.3 is 0 Å². The quantitative estimate of drug-likeness (QED) is 0.840. The minimum absolute atomic E-state index is 0.0490. The summed E-state index contributed by atoms with van der Waals surface area (Å²) in [4.78, 5) is 7.76. The fourth-order valence-electron chi connectivity index (χ4n) is 1.60. The van der Waals surface area contributed by atoms with Crippen molar-refractivity contribution >= 4 is 11.6 Å². The van der Waals surface area contributed by atoms with Gasteiger partial charge in [0.05, 0.1) is 19.3 Å².